The second-order valence-corrected chi connectivity index (χ2v) is 9.67. The average Bonchev–Trinajstić information content (AvgIpc) is 3.50. The van der Waals surface area contributed by atoms with E-state index >= 15 is 0 Å². The Morgan fingerprint density at radius 2 is 1.90 bits per heavy atom. The standard InChI is InChI=1S/C22H31N3O4S/c1-4-5-15-24(30(27,28)21-12-10-20(29-3)11-13-21)17-22(26)25(18-8-9-18)16-19-7-6-14-23(19)2/h6-7,10-14,18H,4-5,8-9,15-17H2,1-3H3. The first-order valence-corrected chi connectivity index (χ1v) is 11.8. The number of aromatic nitrogens is 1. The van der Waals surface area contributed by atoms with Crippen LogP contribution in [0.4, 0.5) is 0 Å². The zero-order valence-corrected chi connectivity index (χ0v) is 18.8. The molecule has 164 valence electrons. The highest BCUT2D eigenvalue weighted by Gasteiger charge is 2.35. The lowest BCUT2D eigenvalue weighted by atomic mass is 10.3. The summed E-state index contributed by atoms with van der Waals surface area (Å²) in [5.74, 6) is 0.444. The van der Waals surface area contributed by atoms with Crippen molar-refractivity contribution in [3.05, 3.63) is 48.3 Å². The van der Waals surface area contributed by atoms with Gasteiger partial charge in [0.05, 0.1) is 25.1 Å². The molecule has 0 spiro atoms. The molecule has 1 heterocycles. The minimum atomic E-state index is -3.78. The highest BCUT2D eigenvalue weighted by atomic mass is 32.2. The quantitative estimate of drug-likeness (QED) is 0.546. The fourth-order valence-corrected chi connectivity index (χ4v) is 4.83. The van der Waals surface area contributed by atoms with Crippen LogP contribution in [-0.2, 0) is 28.4 Å². The van der Waals surface area contributed by atoms with Crippen LogP contribution in [0.25, 0.3) is 0 Å². The summed E-state index contributed by atoms with van der Waals surface area (Å²) in [5.41, 5.74) is 1.04. The number of amides is 1. The van der Waals surface area contributed by atoms with Crippen molar-refractivity contribution in [1.82, 2.24) is 13.8 Å². The Morgan fingerprint density at radius 3 is 2.43 bits per heavy atom. The van der Waals surface area contributed by atoms with Crippen molar-refractivity contribution < 1.29 is 17.9 Å². The zero-order chi connectivity index (χ0) is 21.7. The van der Waals surface area contributed by atoms with Crippen LogP contribution in [0.15, 0.2) is 47.5 Å². The van der Waals surface area contributed by atoms with Crippen LogP contribution < -0.4 is 4.74 Å². The van der Waals surface area contributed by atoms with Crippen LogP contribution in [0.1, 0.15) is 38.3 Å². The minimum absolute atomic E-state index is 0.144. The summed E-state index contributed by atoms with van der Waals surface area (Å²) in [7, 11) is -0.290. The first-order valence-electron chi connectivity index (χ1n) is 10.4. The maximum Gasteiger partial charge on any atom is 0.243 e. The number of unbranched alkanes of at least 4 members (excludes halogenated alkanes) is 1. The lowest BCUT2D eigenvalue weighted by Gasteiger charge is -2.27. The van der Waals surface area contributed by atoms with Gasteiger partial charge in [-0.05, 0) is 55.7 Å². The number of aryl methyl sites for hydroxylation is 1. The molecule has 1 amide bonds. The van der Waals surface area contributed by atoms with Gasteiger partial charge in [-0.1, -0.05) is 13.3 Å². The molecule has 0 radical (unpaired) electrons. The lowest BCUT2D eigenvalue weighted by molar-refractivity contribution is -0.132. The largest absolute Gasteiger partial charge is 0.497 e. The Labute approximate surface area is 179 Å². The van der Waals surface area contributed by atoms with Gasteiger partial charge in [0.15, 0.2) is 0 Å². The number of hydrogen-bond acceptors (Lipinski definition) is 4. The fourth-order valence-electron chi connectivity index (χ4n) is 3.40. The Balaban J connectivity index is 1.79. The van der Waals surface area contributed by atoms with Gasteiger partial charge in [0.1, 0.15) is 5.75 Å². The van der Waals surface area contributed by atoms with Gasteiger partial charge in [-0.25, -0.2) is 8.42 Å². The van der Waals surface area contributed by atoms with Gasteiger partial charge >= 0.3 is 0 Å². The number of ether oxygens (including phenoxy) is 1. The summed E-state index contributed by atoms with van der Waals surface area (Å²) in [6, 6.07) is 10.4. The number of carbonyl (C=O) groups is 1. The van der Waals surface area contributed by atoms with Crippen molar-refractivity contribution in [3.8, 4) is 5.75 Å². The molecule has 0 bridgehead atoms. The third kappa shape index (κ3) is 5.23. The van der Waals surface area contributed by atoms with Crippen LogP contribution in [0.3, 0.4) is 0 Å². The molecule has 1 aliphatic rings. The molecule has 1 aromatic carbocycles. The topological polar surface area (TPSA) is 71.9 Å². The number of sulfonamides is 1. The fraction of sp³-hybridized carbons (Fsp3) is 0.500. The zero-order valence-electron chi connectivity index (χ0n) is 18.0. The average molecular weight is 434 g/mol. The van der Waals surface area contributed by atoms with E-state index in [1.807, 2.05) is 41.8 Å². The van der Waals surface area contributed by atoms with E-state index in [0.29, 0.717) is 25.3 Å². The summed E-state index contributed by atoms with van der Waals surface area (Å²) in [5, 5.41) is 0. The lowest BCUT2D eigenvalue weighted by Crippen LogP contribution is -2.44. The van der Waals surface area contributed by atoms with E-state index in [9.17, 15) is 13.2 Å². The van der Waals surface area contributed by atoms with Crippen molar-refractivity contribution in [3.63, 3.8) is 0 Å². The van der Waals surface area contributed by atoms with E-state index in [2.05, 4.69) is 0 Å². The summed E-state index contributed by atoms with van der Waals surface area (Å²) in [4.78, 5) is 15.2. The third-order valence-corrected chi connectivity index (χ3v) is 7.32. The first kappa shape index (κ1) is 22.4. The minimum Gasteiger partial charge on any atom is -0.497 e. The smallest absolute Gasteiger partial charge is 0.243 e. The molecule has 1 aromatic heterocycles. The van der Waals surface area contributed by atoms with E-state index in [4.69, 9.17) is 4.74 Å². The number of carbonyl (C=O) groups excluding carboxylic acids is 1. The maximum atomic E-state index is 13.3. The van der Waals surface area contributed by atoms with Gasteiger partial charge in [0.2, 0.25) is 15.9 Å². The molecule has 1 aliphatic carbocycles. The van der Waals surface area contributed by atoms with Gasteiger partial charge in [-0.2, -0.15) is 4.31 Å². The molecular formula is C22H31N3O4S. The summed E-state index contributed by atoms with van der Waals surface area (Å²) in [6.07, 6.45) is 5.43. The molecule has 1 saturated carbocycles. The van der Waals surface area contributed by atoms with Crippen molar-refractivity contribution in [2.45, 2.75) is 50.1 Å². The van der Waals surface area contributed by atoms with Gasteiger partial charge in [-0.15, -0.1) is 0 Å². The van der Waals surface area contributed by atoms with Crippen molar-refractivity contribution in [2.75, 3.05) is 20.2 Å². The van der Waals surface area contributed by atoms with Crippen molar-refractivity contribution in [2.24, 2.45) is 7.05 Å². The van der Waals surface area contributed by atoms with E-state index < -0.39 is 10.0 Å². The molecule has 0 unspecified atom stereocenters. The molecule has 8 heteroatoms. The maximum absolute atomic E-state index is 13.3. The molecule has 3 rings (SSSR count). The van der Waals surface area contributed by atoms with Crippen molar-refractivity contribution >= 4 is 15.9 Å². The molecule has 0 N–H and O–H groups in total. The predicted octanol–water partition coefficient (Wildman–Crippen LogP) is 3.02. The van der Waals surface area contributed by atoms with Crippen LogP contribution in [-0.4, -0.2) is 54.3 Å². The SMILES string of the molecule is CCCCN(CC(=O)N(Cc1cccn1C)C1CC1)S(=O)(=O)c1ccc(OC)cc1. The van der Waals surface area contributed by atoms with Gasteiger partial charge in [0, 0.05) is 31.5 Å². The van der Waals surface area contributed by atoms with E-state index in [-0.39, 0.29) is 23.4 Å². The highest BCUT2D eigenvalue weighted by molar-refractivity contribution is 7.89. The Bertz CT molecular complexity index is 949. The van der Waals surface area contributed by atoms with Crippen LogP contribution >= 0.6 is 0 Å². The van der Waals surface area contributed by atoms with E-state index in [0.717, 1.165) is 25.0 Å². The van der Waals surface area contributed by atoms with Crippen LogP contribution in [0.5, 0.6) is 5.75 Å². The normalized spacial score (nSPS) is 14.1. The van der Waals surface area contributed by atoms with Gasteiger partial charge < -0.3 is 14.2 Å². The summed E-state index contributed by atoms with van der Waals surface area (Å²) >= 11 is 0. The summed E-state index contributed by atoms with van der Waals surface area (Å²) < 4.78 is 35.0. The number of benzene rings is 1. The van der Waals surface area contributed by atoms with Gasteiger partial charge in [0.25, 0.3) is 0 Å². The van der Waals surface area contributed by atoms with E-state index in [1.54, 1.807) is 12.1 Å². The van der Waals surface area contributed by atoms with Crippen molar-refractivity contribution in [1.29, 1.82) is 0 Å². The highest BCUT2D eigenvalue weighted by Crippen LogP contribution is 2.29. The molecule has 0 atom stereocenters. The molecule has 2 aromatic rings. The monoisotopic (exact) mass is 433 g/mol. The molecule has 1 fully saturated rings. The Kier molecular flexibility index (Phi) is 7.20. The van der Waals surface area contributed by atoms with Gasteiger partial charge in [-0.3, -0.25) is 4.79 Å². The Hall–Kier alpha value is -2.32. The molecular weight excluding hydrogens is 402 g/mol. The van der Waals surface area contributed by atoms with Crippen LogP contribution in [0, 0.1) is 0 Å². The molecule has 0 saturated heterocycles. The summed E-state index contributed by atoms with van der Waals surface area (Å²) in [6.45, 7) is 2.68. The Morgan fingerprint density at radius 1 is 1.20 bits per heavy atom. The van der Waals surface area contributed by atoms with Crippen LogP contribution in [0.2, 0.25) is 0 Å². The molecule has 7 nitrogen and oxygen atoms in total. The predicted molar refractivity (Wildman–Crippen MR) is 116 cm³/mol. The number of methoxy groups -OCH3 is 1. The number of rotatable bonds is 11. The van der Waals surface area contributed by atoms with E-state index in [1.165, 1.54) is 23.5 Å². The number of nitrogens with zero attached hydrogens (tertiary/aromatic N) is 3. The molecule has 30 heavy (non-hydrogen) atoms. The second kappa shape index (κ2) is 9.66. The number of hydrogen-bond donors (Lipinski definition) is 0. The third-order valence-electron chi connectivity index (χ3n) is 5.46. The molecule has 0 aliphatic heterocycles. The first-order chi connectivity index (χ1) is 14.4. The second-order valence-electron chi connectivity index (χ2n) is 7.73.